The lowest BCUT2D eigenvalue weighted by Crippen LogP contribution is -2.32. The summed E-state index contributed by atoms with van der Waals surface area (Å²) in [6, 6.07) is -0.502. The Morgan fingerprint density at radius 2 is 2.12 bits per heavy atom. The fourth-order valence-corrected chi connectivity index (χ4v) is 3.33. The summed E-state index contributed by atoms with van der Waals surface area (Å²) in [6.07, 6.45) is 1.91. The van der Waals surface area contributed by atoms with E-state index in [1.54, 1.807) is 13.8 Å². The molecule has 2 heterocycles. The number of amides is 1. The molecule has 26 heavy (non-hydrogen) atoms. The average Bonchev–Trinajstić information content (AvgIpc) is 3.00. The maximum Gasteiger partial charge on any atom is 0.307 e. The maximum atomic E-state index is 12.6. The van der Waals surface area contributed by atoms with Crippen LogP contribution >= 0.6 is 0 Å². The molecule has 0 aliphatic heterocycles. The van der Waals surface area contributed by atoms with Crippen LogP contribution in [0.1, 0.15) is 46.0 Å². The lowest BCUT2D eigenvalue weighted by molar-refractivity contribution is -0.140. The van der Waals surface area contributed by atoms with Crippen molar-refractivity contribution in [2.75, 3.05) is 0 Å². The molecule has 10 heteroatoms. The Morgan fingerprint density at radius 1 is 1.38 bits per heavy atom. The number of carbonyl (C=O) groups is 2. The third kappa shape index (κ3) is 3.31. The van der Waals surface area contributed by atoms with E-state index >= 15 is 0 Å². The largest absolute Gasteiger partial charge is 0.481 e. The molecule has 1 unspecified atom stereocenters. The number of carboxylic acid groups (broad SMARTS) is 1. The van der Waals surface area contributed by atoms with E-state index in [-0.39, 0.29) is 23.5 Å². The van der Waals surface area contributed by atoms with Gasteiger partial charge >= 0.3 is 5.97 Å². The van der Waals surface area contributed by atoms with Crippen molar-refractivity contribution >= 4 is 11.9 Å². The Hall–Kier alpha value is -2.78. The first-order valence-corrected chi connectivity index (χ1v) is 8.44. The summed E-state index contributed by atoms with van der Waals surface area (Å²) >= 11 is 0. The molecular weight excluding hydrogens is 340 g/mol. The summed E-state index contributed by atoms with van der Waals surface area (Å²) in [6.45, 7) is 7.58. The van der Waals surface area contributed by atoms with Crippen LogP contribution in [0.4, 0.5) is 0 Å². The number of H-pyrrole nitrogens is 1. The second-order valence-corrected chi connectivity index (χ2v) is 7.60. The number of nitrogens with zero attached hydrogens (tertiary/aromatic N) is 4. The number of aliphatic carboxylic acids is 1. The molecule has 0 radical (unpaired) electrons. The van der Waals surface area contributed by atoms with E-state index in [0.717, 1.165) is 0 Å². The Bertz CT molecular complexity index is 798. The van der Waals surface area contributed by atoms with E-state index in [2.05, 4.69) is 30.6 Å². The van der Waals surface area contributed by atoms with Gasteiger partial charge in [0.05, 0.1) is 11.8 Å². The van der Waals surface area contributed by atoms with Gasteiger partial charge in [0.2, 0.25) is 17.6 Å². The van der Waals surface area contributed by atoms with E-state index in [4.69, 9.17) is 4.52 Å². The van der Waals surface area contributed by atoms with Crippen LogP contribution in [0.25, 0.3) is 11.6 Å². The van der Waals surface area contributed by atoms with Crippen molar-refractivity contribution < 1.29 is 19.2 Å². The molecule has 0 spiro atoms. The molecule has 3 N–H and O–H groups in total. The molecule has 1 saturated carbocycles. The standard InChI is InChI=1S/C16H22N6O4/c1-7(2)5-8(14-20-12(22-26-14)11-17-6-18-21-11)19-13(23)9-10(15(24)25)16(9,3)4/h6-10H,5H2,1-4H3,(H,19,23)(H,24,25)(H,17,18,21)/t8?,9-,10+/m0/s1. The first-order chi connectivity index (χ1) is 12.2. The van der Waals surface area contributed by atoms with Gasteiger partial charge in [0.15, 0.2) is 5.82 Å². The molecule has 1 fully saturated rings. The zero-order valence-corrected chi connectivity index (χ0v) is 15.1. The molecule has 0 aromatic carbocycles. The van der Waals surface area contributed by atoms with Gasteiger partial charge in [-0.25, -0.2) is 4.98 Å². The summed E-state index contributed by atoms with van der Waals surface area (Å²) < 4.78 is 5.30. The number of aromatic nitrogens is 5. The molecule has 1 amide bonds. The minimum Gasteiger partial charge on any atom is -0.481 e. The number of hydrogen-bond acceptors (Lipinski definition) is 7. The van der Waals surface area contributed by atoms with E-state index in [1.807, 2.05) is 13.8 Å². The quantitative estimate of drug-likeness (QED) is 0.670. The Kier molecular flexibility index (Phi) is 4.51. The third-order valence-electron chi connectivity index (χ3n) is 4.77. The van der Waals surface area contributed by atoms with Gasteiger partial charge in [-0.15, -0.1) is 0 Å². The van der Waals surface area contributed by atoms with Gasteiger partial charge in [0.1, 0.15) is 12.4 Å². The first kappa shape index (κ1) is 18.0. The van der Waals surface area contributed by atoms with Gasteiger partial charge in [-0.05, 0) is 17.8 Å². The van der Waals surface area contributed by atoms with Crippen LogP contribution in [-0.4, -0.2) is 42.3 Å². The number of carboxylic acids is 1. The summed E-state index contributed by atoms with van der Waals surface area (Å²) in [5, 5.41) is 22.4. The molecule has 10 nitrogen and oxygen atoms in total. The van der Waals surface area contributed by atoms with E-state index in [0.29, 0.717) is 12.2 Å². The molecule has 0 saturated heterocycles. The highest BCUT2D eigenvalue weighted by atomic mass is 16.5. The zero-order valence-electron chi connectivity index (χ0n) is 15.1. The number of hydrogen-bond donors (Lipinski definition) is 3. The smallest absolute Gasteiger partial charge is 0.307 e. The predicted octanol–water partition coefficient (Wildman–Crippen LogP) is 1.41. The Labute approximate surface area is 149 Å². The predicted molar refractivity (Wildman–Crippen MR) is 88.4 cm³/mol. The highest BCUT2D eigenvalue weighted by Gasteiger charge is 2.66. The highest BCUT2D eigenvalue weighted by Crippen LogP contribution is 2.58. The molecular formula is C16H22N6O4. The lowest BCUT2D eigenvalue weighted by atomic mass is 10.0. The van der Waals surface area contributed by atoms with E-state index in [9.17, 15) is 14.7 Å². The van der Waals surface area contributed by atoms with Gasteiger partial charge < -0.3 is 14.9 Å². The fraction of sp³-hybridized carbons (Fsp3) is 0.625. The van der Waals surface area contributed by atoms with Gasteiger partial charge in [-0.1, -0.05) is 32.9 Å². The minimum atomic E-state index is -0.957. The van der Waals surface area contributed by atoms with Crippen molar-refractivity contribution in [2.24, 2.45) is 23.2 Å². The van der Waals surface area contributed by atoms with Gasteiger partial charge in [-0.2, -0.15) is 10.1 Å². The van der Waals surface area contributed by atoms with Gasteiger partial charge in [0.25, 0.3) is 0 Å². The SMILES string of the molecule is CC(C)CC(NC(=O)[C@@H]1[C@H](C(=O)O)C1(C)C)c1nc(-c2ncn[nH]2)no1. The third-order valence-corrected chi connectivity index (χ3v) is 4.77. The average molecular weight is 362 g/mol. The highest BCUT2D eigenvalue weighted by molar-refractivity contribution is 5.91. The molecule has 3 rings (SSSR count). The summed E-state index contributed by atoms with van der Waals surface area (Å²) in [5.41, 5.74) is -0.571. The summed E-state index contributed by atoms with van der Waals surface area (Å²) in [5.74, 6) is -1.42. The fourth-order valence-electron chi connectivity index (χ4n) is 3.33. The van der Waals surface area contributed by atoms with Crippen LogP contribution in [0, 0.1) is 23.2 Å². The van der Waals surface area contributed by atoms with Crippen molar-refractivity contribution in [3.63, 3.8) is 0 Å². The maximum absolute atomic E-state index is 12.6. The number of nitrogens with one attached hydrogen (secondary N) is 2. The number of carbonyl (C=O) groups excluding carboxylic acids is 1. The van der Waals surface area contributed by atoms with Crippen molar-refractivity contribution in [2.45, 2.75) is 40.2 Å². The lowest BCUT2D eigenvalue weighted by Gasteiger charge is -2.17. The molecule has 0 bridgehead atoms. The van der Waals surface area contributed by atoms with E-state index < -0.39 is 29.3 Å². The van der Waals surface area contributed by atoms with Crippen molar-refractivity contribution in [3.05, 3.63) is 12.2 Å². The van der Waals surface area contributed by atoms with Crippen LogP contribution in [-0.2, 0) is 9.59 Å². The molecule has 2 aromatic heterocycles. The van der Waals surface area contributed by atoms with Crippen molar-refractivity contribution in [1.82, 2.24) is 30.6 Å². The molecule has 3 atom stereocenters. The van der Waals surface area contributed by atoms with E-state index in [1.165, 1.54) is 6.33 Å². The number of rotatable bonds is 7. The van der Waals surface area contributed by atoms with Crippen LogP contribution in [0.15, 0.2) is 10.9 Å². The Balaban J connectivity index is 1.77. The van der Waals surface area contributed by atoms with Crippen LogP contribution in [0.2, 0.25) is 0 Å². The molecule has 1 aliphatic rings. The Morgan fingerprint density at radius 3 is 2.65 bits per heavy atom. The van der Waals surface area contributed by atoms with Crippen LogP contribution in [0.5, 0.6) is 0 Å². The van der Waals surface area contributed by atoms with Crippen LogP contribution < -0.4 is 5.32 Å². The normalized spacial score (nSPS) is 22.2. The van der Waals surface area contributed by atoms with Crippen LogP contribution in [0.3, 0.4) is 0 Å². The second kappa shape index (κ2) is 6.50. The first-order valence-electron chi connectivity index (χ1n) is 8.44. The minimum absolute atomic E-state index is 0.246. The topological polar surface area (TPSA) is 147 Å². The summed E-state index contributed by atoms with van der Waals surface area (Å²) in [7, 11) is 0. The number of aromatic amines is 1. The molecule has 2 aromatic rings. The van der Waals surface area contributed by atoms with Gasteiger partial charge in [0, 0.05) is 0 Å². The summed E-state index contributed by atoms with van der Waals surface area (Å²) in [4.78, 5) is 32.2. The van der Waals surface area contributed by atoms with Crippen molar-refractivity contribution in [1.29, 1.82) is 0 Å². The van der Waals surface area contributed by atoms with Crippen molar-refractivity contribution in [3.8, 4) is 11.6 Å². The second-order valence-electron chi connectivity index (χ2n) is 7.60. The monoisotopic (exact) mass is 362 g/mol. The molecule has 140 valence electrons. The van der Waals surface area contributed by atoms with Gasteiger partial charge in [-0.3, -0.25) is 14.7 Å². The molecule has 1 aliphatic carbocycles. The zero-order chi connectivity index (χ0) is 19.1.